The molecule has 2 nitrogen and oxygen atoms in total. The van der Waals surface area contributed by atoms with Crippen molar-refractivity contribution in [3.05, 3.63) is 24.0 Å². The number of unbranched alkanes of at least 4 members (excludes halogenated alkanes) is 7. The summed E-state index contributed by atoms with van der Waals surface area (Å²) in [5, 5.41) is 9.14. The van der Waals surface area contributed by atoms with Crippen molar-refractivity contribution in [2.75, 3.05) is 0 Å². The SMILES string of the molecule is CCCCCCCCCCn1ccc(C(O)C(F)(F)F)c1. The lowest BCUT2D eigenvalue weighted by Gasteiger charge is -2.12. The predicted octanol–water partition coefficient (Wildman–Crippen LogP) is 5.22. The molecule has 0 amide bonds. The van der Waals surface area contributed by atoms with Gasteiger partial charge in [-0.25, -0.2) is 0 Å². The number of aliphatic hydroxyl groups excluding tert-OH is 1. The standard InChI is InChI=1S/C16H26F3NO/c1-2-3-4-5-6-7-8-9-11-20-12-10-14(13-20)15(21)16(17,18)19/h10,12-13,15,21H,2-9,11H2,1H3. The Bertz CT molecular complexity index is 387. The monoisotopic (exact) mass is 305 g/mol. The summed E-state index contributed by atoms with van der Waals surface area (Å²) < 4.78 is 38.8. The highest BCUT2D eigenvalue weighted by Crippen LogP contribution is 2.32. The Kier molecular flexibility index (Phi) is 7.86. The molecule has 1 N–H and O–H groups in total. The van der Waals surface area contributed by atoms with Gasteiger partial charge in [-0.15, -0.1) is 0 Å². The largest absolute Gasteiger partial charge is 0.418 e. The summed E-state index contributed by atoms with van der Waals surface area (Å²) in [7, 11) is 0. The number of aromatic nitrogens is 1. The van der Waals surface area contributed by atoms with E-state index >= 15 is 0 Å². The van der Waals surface area contributed by atoms with Crippen LogP contribution < -0.4 is 0 Å². The zero-order chi connectivity index (χ0) is 15.7. The van der Waals surface area contributed by atoms with Gasteiger partial charge in [-0.2, -0.15) is 13.2 Å². The first-order valence-electron chi connectivity index (χ1n) is 7.85. The molecule has 0 aliphatic carbocycles. The minimum Gasteiger partial charge on any atom is -0.379 e. The van der Waals surface area contributed by atoms with Crippen LogP contribution in [0, 0.1) is 0 Å². The van der Waals surface area contributed by atoms with Crippen LogP contribution in [-0.4, -0.2) is 15.8 Å². The number of hydrogen-bond donors (Lipinski definition) is 1. The Morgan fingerprint density at radius 1 is 1.05 bits per heavy atom. The van der Waals surface area contributed by atoms with Crippen LogP contribution in [0.25, 0.3) is 0 Å². The van der Waals surface area contributed by atoms with Gasteiger partial charge in [-0.05, 0) is 12.5 Å². The third-order valence-corrected chi connectivity index (χ3v) is 3.67. The number of alkyl halides is 3. The van der Waals surface area contributed by atoms with Gasteiger partial charge < -0.3 is 9.67 Å². The smallest absolute Gasteiger partial charge is 0.379 e. The van der Waals surface area contributed by atoms with Crippen LogP contribution in [0.4, 0.5) is 13.2 Å². The molecule has 0 spiro atoms. The Balaban J connectivity index is 2.18. The first-order valence-corrected chi connectivity index (χ1v) is 7.85. The molecule has 122 valence electrons. The summed E-state index contributed by atoms with van der Waals surface area (Å²) in [4.78, 5) is 0. The van der Waals surface area contributed by atoms with E-state index in [2.05, 4.69) is 6.92 Å². The quantitative estimate of drug-likeness (QED) is 0.589. The van der Waals surface area contributed by atoms with Crippen molar-refractivity contribution in [3.8, 4) is 0 Å². The highest BCUT2D eigenvalue weighted by Gasteiger charge is 2.39. The van der Waals surface area contributed by atoms with Gasteiger partial charge in [0.15, 0.2) is 6.10 Å². The fraction of sp³-hybridized carbons (Fsp3) is 0.750. The van der Waals surface area contributed by atoms with Crippen molar-refractivity contribution < 1.29 is 18.3 Å². The van der Waals surface area contributed by atoms with Crippen LogP contribution in [0.1, 0.15) is 70.0 Å². The van der Waals surface area contributed by atoms with E-state index in [4.69, 9.17) is 5.11 Å². The third-order valence-electron chi connectivity index (χ3n) is 3.67. The molecule has 0 radical (unpaired) electrons. The lowest BCUT2D eigenvalue weighted by molar-refractivity contribution is -0.206. The van der Waals surface area contributed by atoms with Crippen molar-refractivity contribution >= 4 is 0 Å². The van der Waals surface area contributed by atoms with Crippen LogP contribution in [0.5, 0.6) is 0 Å². The maximum absolute atomic E-state index is 12.4. The number of halogens is 3. The van der Waals surface area contributed by atoms with Crippen molar-refractivity contribution in [2.24, 2.45) is 0 Å². The van der Waals surface area contributed by atoms with E-state index in [1.807, 2.05) is 0 Å². The lowest BCUT2D eigenvalue weighted by atomic mass is 10.1. The molecular weight excluding hydrogens is 279 g/mol. The van der Waals surface area contributed by atoms with E-state index in [1.165, 1.54) is 50.8 Å². The van der Waals surface area contributed by atoms with E-state index in [1.54, 1.807) is 10.8 Å². The Morgan fingerprint density at radius 2 is 1.62 bits per heavy atom. The average molecular weight is 305 g/mol. The zero-order valence-electron chi connectivity index (χ0n) is 12.7. The molecule has 1 atom stereocenters. The molecule has 5 heteroatoms. The molecule has 0 aromatic carbocycles. The van der Waals surface area contributed by atoms with Gasteiger partial charge in [-0.1, -0.05) is 51.9 Å². The summed E-state index contributed by atoms with van der Waals surface area (Å²) in [5.41, 5.74) is -0.0814. The van der Waals surface area contributed by atoms with E-state index in [0.29, 0.717) is 6.54 Å². The average Bonchev–Trinajstić information content (AvgIpc) is 2.88. The maximum Gasteiger partial charge on any atom is 0.418 e. The molecule has 0 bridgehead atoms. The summed E-state index contributed by atoms with van der Waals surface area (Å²) in [6.07, 6.45) is 5.63. The van der Waals surface area contributed by atoms with Gasteiger partial charge in [0.1, 0.15) is 0 Å². The van der Waals surface area contributed by atoms with E-state index in [0.717, 1.165) is 12.8 Å². The molecule has 1 unspecified atom stereocenters. The van der Waals surface area contributed by atoms with Gasteiger partial charge >= 0.3 is 6.18 Å². The Morgan fingerprint density at radius 3 is 2.19 bits per heavy atom. The normalized spacial score (nSPS) is 13.6. The highest BCUT2D eigenvalue weighted by molar-refractivity contribution is 5.15. The predicted molar refractivity (Wildman–Crippen MR) is 78.1 cm³/mol. The summed E-state index contributed by atoms with van der Waals surface area (Å²) in [6.45, 7) is 2.90. The second kappa shape index (κ2) is 9.13. The van der Waals surface area contributed by atoms with E-state index in [9.17, 15) is 13.2 Å². The molecule has 21 heavy (non-hydrogen) atoms. The first-order chi connectivity index (χ1) is 9.95. The number of hydrogen-bond acceptors (Lipinski definition) is 1. The number of rotatable bonds is 10. The first kappa shape index (κ1) is 18.1. The summed E-state index contributed by atoms with van der Waals surface area (Å²) >= 11 is 0. The van der Waals surface area contributed by atoms with Crippen LogP contribution >= 0.6 is 0 Å². The van der Waals surface area contributed by atoms with Gasteiger partial charge in [0, 0.05) is 24.5 Å². The molecule has 1 aromatic heterocycles. The second-order valence-electron chi connectivity index (χ2n) is 5.60. The lowest BCUT2D eigenvalue weighted by Crippen LogP contribution is -2.19. The highest BCUT2D eigenvalue weighted by atomic mass is 19.4. The summed E-state index contributed by atoms with van der Waals surface area (Å²) in [5.74, 6) is 0. The summed E-state index contributed by atoms with van der Waals surface area (Å²) in [6, 6.07) is 1.34. The molecule has 0 fully saturated rings. The molecule has 1 heterocycles. The molecule has 0 aliphatic rings. The fourth-order valence-corrected chi connectivity index (χ4v) is 2.38. The topological polar surface area (TPSA) is 25.2 Å². The number of aliphatic hydroxyl groups is 1. The van der Waals surface area contributed by atoms with E-state index < -0.39 is 12.3 Å². The minimum atomic E-state index is -4.59. The number of nitrogens with zero attached hydrogens (tertiary/aromatic N) is 1. The van der Waals surface area contributed by atoms with Gasteiger partial charge in [0.25, 0.3) is 0 Å². The van der Waals surface area contributed by atoms with Crippen LogP contribution in [0.2, 0.25) is 0 Å². The molecule has 1 aromatic rings. The van der Waals surface area contributed by atoms with Crippen LogP contribution in [0.15, 0.2) is 18.5 Å². The molecule has 0 aliphatic heterocycles. The zero-order valence-corrected chi connectivity index (χ0v) is 12.7. The Labute approximate surface area is 125 Å². The molecule has 1 rings (SSSR count). The van der Waals surface area contributed by atoms with Gasteiger partial charge in [0.2, 0.25) is 0 Å². The maximum atomic E-state index is 12.4. The molecule has 0 saturated carbocycles. The third kappa shape index (κ3) is 7.02. The number of aryl methyl sites for hydroxylation is 1. The van der Waals surface area contributed by atoms with Crippen LogP contribution in [-0.2, 0) is 6.54 Å². The minimum absolute atomic E-state index is 0.0814. The van der Waals surface area contributed by atoms with Crippen molar-refractivity contribution in [1.29, 1.82) is 0 Å². The van der Waals surface area contributed by atoms with Gasteiger partial charge in [0.05, 0.1) is 0 Å². The van der Waals surface area contributed by atoms with Gasteiger partial charge in [-0.3, -0.25) is 0 Å². The molecular formula is C16H26F3NO. The Hall–Kier alpha value is -0.970. The molecule has 0 saturated heterocycles. The second-order valence-corrected chi connectivity index (χ2v) is 5.60. The van der Waals surface area contributed by atoms with Crippen molar-refractivity contribution in [3.63, 3.8) is 0 Å². The van der Waals surface area contributed by atoms with Crippen molar-refractivity contribution in [2.45, 2.75) is 77.1 Å². The van der Waals surface area contributed by atoms with Crippen molar-refractivity contribution in [1.82, 2.24) is 4.57 Å². The van der Waals surface area contributed by atoms with E-state index in [-0.39, 0.29) is 5.56 Å². The van der Waals surface area contributed by atoms with Crippen LogP contribution in [0.3, 0.4) is 0 Å². The fourth-order valence-electron chi connectivity index (χ4n) is 2.38.